The second kappa shape index (κ2) is 16.0. The summed E-state index contributed by atoms with van der Waals surface area (Å²) < 4.78 is 0. The Morgan fingerprint density at radius 3 is 1.11 bits per heavy atom. The van der Waals surface area contributed by atoms with E-state index in [1.807, 2.05) is 0 Å². The van der Waals surface area contributed by atoms with Crippen LogP contribution in [0.3, 0.4) is 0 Å². The smallest absolute Gasteiger partial charge is 0.00266 e. The molecule has 0 N–H and O–H groups in total. The van der Waals surface area contributed by atoms with Crippen molar-refractivity contribution >= 4 is 21.5 Å². The van der Waals surface area contributed by atoms with Crippen LogP contribution in [0.15, 0.2) is 243 Å². The number of hydrogen-bond acceptors (Lipinski definition) is 0. The van der Waals surface area contributed by atoms with Crippen LogP contribution in [0.4, 0.5) is 0 Å². The molecule has 0 amide bonds. The summed E-state index contributed by atoms with van der Waals surface area (Å²) in [4.78, 5) is 0. The lowest BCUT2D eigenvalue weighted by atomic mass is 9.88. The van der Waals surface area contributed by atoms with Gasteiger partial charge in [-0.3, -0.25) is 0 Å². The SMILES string of the molecule is c1ccc(-c2ccc3c(-c4cccc(-c5ccccc5-c5ccccc5)c4)c4ccccc4cc3c2)cc1.c1ccc(-c2ccccc2-c2ccccc2)cc1. The molecule has 0 aliphatic rings. The second-order valence-electron chi connectivity index (χ2n) is 14.0. The van der Waals surface area contributed by atoms with Gasteiger partial charge in [0.15, 0.2) is 0 Å². The highest BCUT2D eigenvalue weighted by Crippen LogP contribution is 2.40. The number of fused-ring (bicyclic) bond motifs is 2. The summed E-state index contributed by atoms with van der Waals surface area (Å²) in [7, 11) is 0. The van der Waals surface area contributed by atoms with E-state index in [1.54, 1.807) is 0 Å². The molecule has 0 atom stereocenters. The van der Waals surface area contributed by atoms with Crippen molar-refractivity contribution in [2.75, 3.05) is 0 Å². The van der Waals surface area contributed by atoms with Crippen LogP contribution in [0.1, 0.15) is 0 Å². The van der Waals surface area contributed by atoms with Crippen molar-refractivity contribution in [3.05, 3.63) is 243 Å². The van der Waals surface area contributed by atoms with E-state index >= 15 is 0 Å². The van der Waals surface area contributed by atoms with Crippen LogP contribution in [0.25, 0.3) is 88.3 Å². The summed E-state index contributed by atoms with van der Waals surface area (Å²) in [6.45, 7) is 0. The molecule has 10 aromatic rings. The molecule has 0 saturated heterocycles. The number of rotatable bonds is 6. The maximum Gasteiger partial charge on any atom is -0.00266 e. The van der Waals surface area contributed by atoms with Crippen molar-refractivity contribution in [1.29, 1.82) is 0 Å². The van der Waals surface area contributed by atoms with Gasteiger partial charge in [-0.1, -0.05) is 224 Å². The molecule has 0 aliphatic carbocycles. The van der Waals surface area contributed by atoms with Gasteiger partial charge in [0.05, 0.1) is 0 Å². The minimum absolute atomic E-state index is 1.23. The summed E-state index contributed by atoms with van der Waals surface area (Å²) in [5.74, 6) is 0. The maximum atomic E-state index is 2.36. The molecule has 10 rings (SSSR count). The van der Waals surface area contributed by atoms with Crippen LogP contribution in [0.5, 0.6) is 0 Å². The minimum atomic E-state index is 1.23. The summed E-state index contributed by atoms with van der Waals surface area (Å²) in [6.07, 6.45) is 0. The predicted octanol–water partition coefficient (Wildman–Crippen LogP) is 15.7. The van der Waals surface area contributed by atoms with E-state index in [0.717, 1.165) is 0 Å². The largest absolute Gasteiger partial charge is 0.0622 e. The van der Waals surface area contributed by atoms with Crippen molar-refractivity contribution in [1.82, 2.24) is 0 Å². The van der Waals surface area contributed by atoms with Crippen LogP contribution in [0.2, 0.25) is 0 Å². The average molecular weight is 713 g/mol. The molecule has 0 aromatic heterocycles. The van der Waals surface area contributed by atoms with E-state index in [2.05, 4.69) is 243 Å². The van der Waals surface area contributed by atoms with Crippen molar-refractivity contribution < 1.29 is 0 Å². The normalized spacial score (nSPS) is 10.9. The molecule has 56 heavy (non-hydrogen) atoms. The molecular formula is C56H40. The monoisotopic (exact) mass is 712 g/mol. The summed E-state index contributed by atoms with van der Waals surface area (Å²) in [5.41, 5.74) is 15.0. The molecule has 0 unspecified atom stereocenters. The van der Waals surface area contributed by atoms with Crippen LogP contribution in [0, 0.1) is 0 Å². The third kappa shape index (κ3) is 7.17. The fourth-order valence-corrected chi connectivity index (χ4v) is 7.86. The number of hydrogen-bond donors (Lipinski definition) is 0. The standard InChI is InChI=1S/C38H26.C18H14/c1-3-12-27(13-4-1)29-22-23-37-33(24-29)26-31-16-7-8-21-36(31)38(37)32-18-11-17-30(25-32)35-20-10-9-19-34(35)28-14-5-2-6-15-28;1-3-9-15(10-4-1)17-13-7-8-14-18(17)16-11-5-2-6-12-16/h1-26H;1-14H. The first kappa shape index (κ1) is 34.5. The van der Waals surface area contributed by atoms with Gasteiger partial charge in [-0.15, -0.1) is 0 Å². The molecule has 264 valence electrons. The lowest BCUT2D eigenvalue weighted by Gasteiger charge is -2.15. The average Bonchev–Trinajstić information content (AvgIpc) is 3.29. The van der Waals surface area contributed by atoms with Crippen LogP contribution in [-0.4, -0.2) is 0 Å². The third-order valence-corrected chi connectivity index (χ3v) is 10.5. The van der Waals surface area contributed by atoms with Gasteiger partial charge in [0.2, 0.25) is 0 Å². The molecule has 10 aromatic carbocycles. The Balaban J connectivity index is 0.000000190. The molecule has 0 heteroatoms. The Labute approximate surface area is 329 Å². The van der Waals surface area contributed by atoms with E-state index in [4.69, 9.17) is 0 Å². The topological polar surface area (TPSA) is 0 Å². The quantitative estimate of drug-likeness (QED) is 0.151. The van der Waals surface area contributed by atoms with E-state index in [0.29, 0.717) is 0 Å². The van der Waals surface area contributed by atoms with Gasteiger partial charge in [-0.2, -0.15) is 0 Å². The molecule has 0 nitrogen and oxygen atoms in total. The van der Waals surface area contributed by atoms with Crippen molar-refractivity contribution in [2.24, 2.45) is 0 Å². The van der Waals surface area contributed by atoms with E-state index in [9.17, 15) is 0 Å². The molecule has 0 saturated carbocycles. The van der Waals surface area contributed by atoms with Gasteiger partial charge < -0.3 is 0 Å². The minimum Gasteiger partial charge on any atom is -0.0622 e. The van der Waals surface area contributed by atoms with Crippen molar-refractivity contribution in [3.8, 4) is 66.8 Å². The first-order chi connectivity index (χ1) is 27.8. The highest BCUT2D eigenvalue weighted by molar-refractivity contribution is 6.13. The molecule has 0 heterocycles. The highest BCUT2D eigenvalue weighted by atomic mass is 14.2. The van der Waals surface area contributed by atoms with Gasteiger partial charge in [0.1, 0.15) is 0 Å². The van der Waals surface area contributed by atoms with Crippen molar-refractivity contribution in [3.63, 3.8) is 0 Å². The lowest BCUT2D eigenvalue weighted by molar-refractivity contribution is 1.58. The Morgan fingerprint density at radius 1 is 0.179 bits per heavy atom. The predicted molar refractivity (Wildman–Crippen MR) is 241 cm³/mol. The van der Waals surface area contributed by atoms with Crippen LogP contribution >= 0.6 is 0 Å². The van der Waals surface area contributed by atoms with Crippen LogP contribution < -0.4 is 0 Å². The first-order valence-corrected chi connectivity index (χ1v) is 19.3. The summed E-state index contributed by atoms with van der Waals surface area (Å²) in [5, 5.41) is 5.07. The summed E-state index contributed by atoms with van der Waals surface area (Å²) in [6, 6.07) is 86.5. The number of benzene rings is 10. The van der Waals surface area contributed by atoms with Gasteiger partial charge in [-0.25, -0.2) is 0 Å². The third-order valence-electron chi connectivity index (χ3n) is 10.5. The zero-order valence-electron chi connectivity index (χ0n) is 31.1. The highest BCUT2D eigenvalue weighted by Gasteiger charge is 2.14. The van der Waals surface area contributed by atoms with E-state index in [-0.39, 0.29) is 0 Å². The zero-order chi connectivity index (χ0) is 37.5. The Morgan fingerprint density at radius 2 is 0.571 bits per heavy atom. The van der Waals surface area contributed by atoms with E-state index in [1.165, 1.54) is 88.3 Å². The van der Waals surface area contributed by atoms with Gasteiger partial charge >= 0.3 is 0 Å². The molecule has 0 aliphatic heterocycles. The summed E-state index contributed by atoms with van der Waals surface area (Å²) >= 11 is 0. The zero-order valence-corrected chi connectivity index (χ0v) is 31.1. The van der Waals surface area contributed by atoms with E-state index < -0.39 is 0 Å². The molecular weight excluding hydrogens is 673 g/mol. The van der Waals surface area contributed by atoms with Crippen molar-refractivity contribution in [2.45, 2.75) is 0 Å². The first-order valence-electron chi connectivity index (χ1n) is 19.3. The van der Waals surface area contributed by atoms with Crippen LogP contribution in [-0.2, 0) is 0 Å². The van der Waals surface area contributed by atoms with Gasteiger partial charge in [0.25, 0.3) is 0 Å². The van der Waals surface area contributed by atoms with Gasteiger partial charge in [-0.05, 0) is 107 Å². The molecule has 0 radical (unpaired) electrons. The Kier molecular flexibility index (Phi) is 9.84. The lowest BCUT2D eigenvalue weighted by Crippen LogP contribution is -1.89. The second-order valence-corrected chi connectivity index (χ2v) is 14.0. The fraction of sp³-hybridized carbons (Fsp3) is 0. The fourth-order valence-electron chi connectivity index (χ4n) is 7.86. The Bertz CT molecular complexity index is 2820. The molecule has 0 bridgehead atoms. The van der Waals surface area contributed by atoms with Gasteiger partial charge in [0, 0.05) is 0 Å². The molecule has 0 spiro atoms. The Hall–Kier alpha value is -7.28. The molecule has 0 fully saturated rings. The maximum absolute atomic E-state index is 2.36.